The van der Waals surface area contributed by atoms with Crippen LogP contribution >= 0.6 is 22.7 Å². The second-order valence-electron chi connectivity index (χ2n) is 6.75. The van der Waals surface area contributed by atoms with Gasteiger partial charge in [-0.15, -0.1) is 0 Å². The summed E-state index contributed by atoms with van der Waals surface area (Å²) in [6, 6.07) is 24.4. The number of aromatic nitrogens is 2. The molecule has 0 saturated carbocycles. The quantitative estimate of drug-likeness (QED) is 0.310. The van der Waals surface area contributed by atoms with Gasteiger partial charge in [0.25, 0.3) is 0 Å². The molecule has 0 aliphatic heterocycles. The highest BCUT2D eigenvalue weighted by atomic mass is 32.1. The predicted octanol–water partition coefficient (Wildman–Crippen LogP) is 6.85. The SMILES string of the molecule is COc1cc2nc(Nc3nc(-c4ccccc4)c(-c4ccccc4)s3)sc2cc1OC. The van der Waals surface area contributed by atoms with E-state index in [2.05, 4.69) is 29.6 Å². The molecule has 0 aliphatic rings. The van der Waals surface area contributed by atoms with Crippen LogP contribution in [0, 0.1) is 0 Å². The first-order chi connectivity index (χ1) is 15.2. The molecule has 5 rings (SSSR count). The van der Waals surface area contributed by atoms with Gasteiger partial charge >= 0.3 is 0 Å². The lowest BCUT2D eigenvalue weighted by atomic mass is 10.1. The molecule has 31 heavy (non-hydrogen) atoms. The maximum Gasteiger partial charge on any atom is 0.190 e. The first kappa shape index (κ1) is 19.5. The van der Waals surface area contributed by atoms with Gasteiger partial charge in [-0.05, 0) is 5.56 Å². The lowest BCUT2D eigenvalue weighted by molar-refractivity contribution is 0.356. The van der Waals surface area contributed by atoms with E-state index in [4.69, 9.17) is 19.4 Å². The highest BCUT2D eigenvalue weighted by Crippen LogP contribution is 2.41. The van der Waals surface area contributed by atoms with Crippen molar-refractivity contribution in [3.8, 4) is 33.2 Å². The summed E-state index contributed by atoms with van der Waals surface area (Å²) in [5.74, 6) is 1.36. The van der Waals surface area contributed by atoms with Gasteiger partial charge in [-0.1, -0.05) is 83.3 Å². The van der Waals surface area contributed by atoms with Crippen molar-refractivity contribution in [1.29, 1.82) is 0 Å². The molecule has 2 aromatic heterocycles. The molecule has 5 aromatic rings. The number of rotatable bonds is 6. The fourth-order valence-electron chi connectivity index (χ4n) is 3.35. The number of fused-ring (bicyclic) bond motifs is 1. The van der Waals surface area contributed by atoms with Crippen LogP contribution in [0.3, 0.4) is 0 Å². The summed E-state index contributed by atoms with van der Waals surface area (Å²) in [5, 5.41) is 4.98. The van der Waals surface area contributed by atoms with Gasteiger partial charge in [-0.25, -0.2) is 9.97 Å². The number of hydrogen-bond acceptors (Lipinski definition) is 7. The van der Waals surface area contributed by atoms with E-state index in [-0.39, 0.29) is 0 Å². The van der Waals surface area contributed by atoms with Crippen molar-refractivity contribution in [2.45, 2.75) is 0 Å². The molecule has 0 atom stereocenters. The van der Waals surface area contributed by atoms with Gasteiger partial charge < -0.3 is 14.8 Å². The number of methoxy groups -OCH3 is 2. The van der Waals surface area contributed by atoms with Gasteiger partial charge in [0.15, 0.2) is 21.8 Å². The lowest BCUT2D eigenvalue weighted by Gasteiger charge is -2.05. The highest BCUT2D eigenvalue weighted by Gasteiger charge is 2.17. The van der Waals surface area contributed by atoms with Crippen LogP contribution < -0.4 is 14.8 Å². The van der Waals surface area contributed by atoms with Gasteiger partial charge in [0.05, 0.1) is 35.0 Å². The Hall–Kier alpha value is -3.42. The van der Waals surface area contributed by atoms with Crippen LogP contribution in [0.1, 0.15) is 0 Å². The topological polar surface area (TPSA) is 56.3 Å². The minimum absolute atomic E-state index is 0.666. The number of hydrogen-bond donors (Lipinski definition) is 1. The molecule has 2 heterocycles. The Kier molecular flexibility index (Phi) is 5.28. The third-order valence-electron chi connectivity index (χ3n) is 4.82. The Labute approximate surface area is 188 Å². The Morgan fingerprint density at radius 1 is 0.710 bits per heavy atom. The second-order valence-corrected chi connectivity index (χ2v) is 8.78. The molecule has 0 saturated heterocycles. The molecule has 0 amide bonds. The van der Waals surface area contributed by atoms with Crippen LogP contribution in [0.25, 0.3) is 31.9 Å². The van der Waals surface area contributed by atoms with Crippen LogP contribution in [-0.4, -0.2) is 24.2 Å². The smallest absolute Gasteiger partial charge is 0.190 e. The highest BCUT2D eigenvalue weighted by molar-refractivity contribution is 7.23. The van der Waals surface area contributed by atoms with Gasteiger partial charge in [0.1, 0.15) is 0 Å². The first-order valence-electron chi connectivity index (χ1n) is 9.66. The van der Waals surface area contributed by atoms with Gasteiger partial charge in [-0.3, -0.25) is 0 Å². The first-order valence-corrected chi connectivity index (χ1v) is 11.3. The molecule has 0 unspecified atom stereocenters. The zero-order valence-corrected chi connectivity index (χ0v) is 18.6. The number of nitrogens with one attached hydrogen (secondary N) is 1. The van der Waals surface area contributed by atoms with E-state index >= 15 is 0 Å². The maximum atomic E-state index is 5.41. The summed E-state index contributed by atoms with van der Waals surface area (Å²) >= 11 is 3.18. The minimum Gasteiger partial charge on any atom is -0.493 e. The van der Waals surface area contributed by atoms with Crippen molar-refractivity contribution in [2.24, 2.45) is 0 Å². The molecule has 154 valence electrons. The fraction of sp³-hybridized carbons (Fsp3) is 0.0833. The molecule has 0 fully saturated rings. The lowest BCUT2D eigenvalue weighted by Crippen LogP contribution is -1.90. The van der Waals surface area contributed by atoms with E-state index in [0.717, 1.165) is 42.2 Å². The van der Waals surface area contributed by atoms with E-state index in [1.807, 2.05) is 48.5 Å². The molecule has 7 heteroatoms. The average molecular weight is 446 g/mol. The molecule has 1 N–H and O–H groups in total. The number of benzene rings is 3. The number of anilines is 2. The Balaban J connectivity index is 1.54. The fourth-order valence-corrected chi connectivity index (χ4v) is 5.28. The molecule has 0 bridgehead atoms. The van der Waals surface area contributed by atoms with Crippen molar-refractivity contribution in [2.75, 3.05) is 19.5 Å². The van der Waals surface area contributed by atoms with Crippen molar-refractivity contribution in [3.63, 3.8) is 0 Å². The molecular weight excluding hydrogens is 426 g/mol. The maximum absolute atomic E-state index is 5.41. The van der Waals surface area contributed by atoms with Crippen molar-refractivity contribution < 1.29 is 9.47 Å². The zero-order chi connectivity index (χ0) is 21.2. The number of thiazole rings is 2. The van der Waals surface area contributed by atoms with Crippen LogP contribution in [0.2, 0.25) is 0 Å². The largest absolute Gasteiger partial charge is 0.493 e. The van der Waals surface area contributed by atoms with Gasteiger partial charge in [0, 0.05) is 17.7 Å². The minimum atomic E-state index is 0.666. The van der Waals surface area contributed by atoms with E-state index in [9.17, 15) is 0 Å². The molecule has 0 aliphatic carbocycles. The third kappa shape index (κ3) is 3.85. The van der Waals surface area contributed by atoms with Crippen LogP contribution in [0.15, 0.2) is 72.8 Å². The van der Waals surface area contributed by atoms with E-state index < -0.39 is 0 Å². The van der Waals surface area contributed by atoms with Gasteiger partial charge in [-0.2, -0.15) is 0 Å². The van der Waals surface area contributed by atoms with Crippen molar-refractivity contribution in [3.05, 3.63) is 72.8 Å². The Bertz CT molecular complexity index is 1230. The molecule has 3 aromatic carbocycles. The monoisotopic (exact) mass is 445 g/mol. The third-order valence-corrected chi connectivity index (χ3v) is 6.77. The number of ether oxygens (including phenoxy) is 2. The molecule has 0 spiro atoms. The number of nitrogens with zero attached hydrogens (tertiary/aromatic N) is 2. The van der Waals surface area contributed by atoms with Crippen molar-refractivity contribution in [1.82, 2.24) is 9.97 Å². The van der Waals surface area contributed by atoms with Crippen LogP contribution in [-0.2, 0) is 0 Å². The van der Waals surface area contributed by atoms with E-state index in [0.29, 0.717) is 11.5 Å². The summed E-state index contributed by atoms with van der Waals surface area (Å²) in [7, 11) is 3.26. The second kappa shape index (κ2) is 8.37. The Morgan fingerprint density at radius 2 is 1.32 bits per heavy atom. The Morgan fingerprint density at radius 3 is 2.00 bits per heavy atom. The summed E-state index contributed by atoms with van der Waals surface area (Å²) in [4.78, 5) is 10.8. The summed E-state index contributed by atoms with van der Waals surface area (Å²) in [6.45, 7) is 0. The predicted molar refractivity (Wildman–Crippen MR) is 129 cm³/mol. The molecular formula is C24H19N3O2S2. The molecule has 0 radical (unpaired) electrons. The molecule has 5 nitrogen and oxygen atoms in total. The van der Waals surface area contributed by atoms with Crippen LogP contribution in [0.4, 0.5) is 10.3 Å². The summed E-state index contributed by atoms with van der Waals surface area (Å²) < 4.78 is 11.8. The normalized spacial score (nSPS) is 10.9. The summed E-state index contributed by atoms with van der Waals surface area (Å²) in [5.41, 5.74) is 4.05. The summed E-state index contributed by atoms with van der Waals surface area (Å²) in [6.07, 6.45) is 0. The van der Waals surface area contributed by atoms with E-state index in [1.54, 1.807) is 36.9 Å². The average Bonchev–Trinajstić information content (AvgIpc) is 3.42. The van der Waals surface area contributed by atoms with E-state index in [1.165, 1.54) is 0 Å². The van der Waals surface area contributed by atoms with Crippen LogP contribution in [0.5, 0.6) is 11.5 Å². The van der Waals surface area contributed by atoms with Crippen molar-refractivity contribution >= 4 is 43.2 Å². The zero-order valence-electron chi connectivity index (χ0n) is 17.0. The van der Waals surface area contributed by atoms with Gasteiger partial charge in [0.2, 0.25) is 0 Å². The standard InChI is InChI=1S/C24H19N3O2S2/c1-28-18-13-17-20(14-19(18)29-2)30-23(25-17)27-24-26-21(15-9-5-3-6-10-15)22(31-24)16-11-7-4-8-12-16/h3-14H,1-2H3,(H,25,26,27).